The lowest BCUT2D eigenvalue weighted by molar-refractivity contribution is -0.155. The largest absolute Gasteiger partial charge is 0.479 e. The van der Waals surface area contributed by atoms with Crippen LogP contribution in [0, 0.1) is 12.7 Å². The van der Waals surface area contributed by atoms with Crippen molar-refractivity contribution in [1.29, 1.82) is 0 Å². The van der Waals surface area contributed by atoms with E-state index in [9.17, 15) is 14.0 Å². The van der Waals surface area contributed by atoms with Crippen molar-refractivity contribution in [3.8, 4) is 5.75 Å². The van der Waals surface area contributed by atoms with Crippen LogP contribution in [-0.2, 0) is 14.3 Å². The smallest absolute Gasteiger partial charge is 0.344 e. The summed E-state index contributed by atoms with van der Waals surface area (Å²) < 4.78 is 23.4. The molecule has 1 atom stereocenters. The van der Waals surface area contributed by atoms with E-state index < -0.39 is 30.4 Å². The van der Waals surface area contributed by atoms with Gasteiger partial charge in [0, 0.05) is 5.69 Å². The standard InChI is InChI=1S/C18H18FNO4/c1-12-6-5-7-14(10-12)20-18(22)13(2)24-17(21)11-23-16-9-4-3-8-15(16)19/h3-10,13H,11H2,1-2H3,(H,20,22)/t13-/m1/s1. The normalized spacial score (nSPS) is 11.5. The lowest BCUT2D eigenvalue weighted by Crippen LogP contribution is -2.31. The fourth-order valence-corrected chi connectivity index (χ4v) is 1.95. The van der Waals surface area contributed by atoms with Gasteiger partial charge in [-0.2, -0.15) is 0 Å². The lowest BCUT2D eigenvalue weighted by Gasteiger charge is -2.14. The Bertz CT molecular complexity index is 732. The van der Waals surface area contributed by atoms with Gasteiger partial charge in [-0.15, -0.1) is 0 Å². The molecule has 126 valence electrons. The van der Waals surface area contributed by atoms with Gasteiger partial charge in [0.25, 0.3) is 5.91 Å². The van der Waals surface area contributed by atoms with Crippen molar-refractivity contribution in [1.82, 2.24) is 0 Å². The Morgan fingerprint density at radius 1 is 1.17 bits per heavy atom. The van der Waals surface area contributed by atoms with E-state index in [1.807, 2.05) is 19.1 Å². The highest BCUT2D eigenvalue weighted by Gasteiger charge is 2.18. The minimum absolute atomic E-state index is 0.0497. The first-order valence-corrected chi connectivity index (χ1v) is 7.40. The minimum atomic E-state index is -0.998. The lowest BCUT2D eigenvalue weighted by atomic mass is 10.2. The monoisotopic (exact) mass is 331 g/mol. The molecular weight excluding hydrogens is 313 g/mol. The number of aryl methyl sites for hydroxylation is 1. The average molecular weight is 331 g/mol. The number of halogens is 1. The van der Waals surface area contributed by atoms with Crippen molar-refractivity contribution in [3.63, 3.8) is 0 Å². The van der Waals surface area contributed by atoms with E-state index in [1.165, 1.54) is 25.1 Å². The summed E-state index contributed by atoms with van der Waals surface area (Å²) in [5.41, 5.74) is 1.61. The van der Waals surface area contributed by atoms with Gasteiger partial charge in [-0.3, -0.25) is 4.79 Å². The van der Waals surface area contributed by atoms with Gasteiger partial charge in [0.2, 0.25) is 0 Å². The summed E-state index contributed by atoms with van der Waals surface area (Å²) in [5.74, 6) is -1.84. The van der Waals surface area contributed by atoms with Crippen LogP contribution in [0.2, 0.25) is 0 Å². The summed E-state index contributed by atoms with van der Waals surface area (Å²) in [6, 6.07) is 13.0. The number of rotatable bonds is 6. The third-order valence-corrected chi connectivity index (χ3v) is 3.15. The third kappa shape index (κ3) is 5.08. The number of hydrogen-bond donors (Lipinski definition) is 1. The Balaban J connectivity index is 1.82. The number of benzene rings is 2. The number of para-hydroxylation sites is 1. The van der Waals surface area contributed by atoms with Gasteiger partial charge in [-0.05, 0) is 43.7 Å². The van der Waals surface area contributed by atoms with Gasteiger partial charge in [0.15, 0.2) is 24.3 Å². The number of nitrogens with one attached hydrogen (secondary N) is 1. The molecule has 0 aliphatic heterocycles. The van der Waals surface area contributed by atoms with Crippen LogP contribution in [0.25, 0.3) is 0 Å². The van der Waals surface area contributed by atoms with Crippen LogP contribution in [0.4, 0.5) is 10.1 Å². The summed E-state index contributed by atoms with van der Waals surface area (Å²) >= 11 is 0. The van der Waals surface area contributed by atoms with E-state index in [4.69, 9.17) is 9.47 Å². The zero-order chi connectivity index (χ0) is 17.5. The Labute approximate surface area is 139 Å². The van der Waals surface area contributed by atoms with E-state index >= 15 is 0 Å². The molecule has 0 unspecified atom stereocenters. The quantitative estimate of drug-likeness (QED) is 0.826. The minimum Gasteiger partial charge on any atom is -0.479 e. The second kappa shape index (κ2) is 8.10. The Morgan fingerprint density at radius 2 is 1.92 bits per heavy atom. The van der Waals surface area contributed by atoms with E-state index in [0.717, 1.165) is 5.56 Å². The van der Waals surface area contributed by atoms with Gasteiger partial charge in [-0.25, -0.2) is 9.18 Å². The number of amides is 1. The van der Waals surface area contributed by atoms with Crippen LogP contribution in [0.5, 0.6) is 5.75 Å². The van der Waals surface area contributed by atoms with Crippen molar-refractivity contribution in [2.75, 3.05) is 11.9 Å². The SMILES string of the molecule is Cc1cccc(NC(=O)[C@@H](C)OC(=O)COc2ccccc2F)c1. The van der Waals surface area contributed by atoms with Gasteiger partial charge in [0.1, 0.15) is 0 Å². The highest BCUT2D eigenvalue weighted by Crippen LogP contribution is 2.15. The molecule has 0 aliphatic carbocycles. The Kier molecular flexibility index (Phi) is 5.89. The molecule has 1 amide bonds. The second-order valence-electron chi connectivity index (χ2n) is 5.21. The highest BCUT2D eigenvalue weighted by atomic mass is 19.1. The number of hydrogen-bond acceptors (Lipinski definition) is 4. The van der Waals surface area contributed by atoms with E-state index in [0.29, 0.717) is 5.69 Å². The predicted molar refractivity (Wildman–Crippen MR) is 87.3 cm³/mol. The predicted octanol–water partition coefficient (Wildman–Crippen LogP) is 3.08. The Morgan fingerprint density at radius 3 is 2.62 bits per heavy atom. The third-order valence-electron chi connectivity index (χ3n) is 3.15. The molecule has 0 saturated heterocycles. The first kappa shape index (κ1) is 17.5. The Hall–Kier alpha value is -2.89. The van der Waals surface area contributed by atoms with Gasteiger partial charge in [0.05, 0.1) is 0 Å². The fourth-order valence-electron chi connectivity index (χ4n) is 1.95. The van der Waals surface area contributed by atoms with Crippen LogP contribution in [0.3, 0.4) is 0 Å². The fraction of sp³-hybridized carbons (Fsp3) is 0.222. The molecule has 6 heteroatoms. The number of esters is 1. The molecule has 0 saturated carbocycles. The maximum atomic E-state index is 13.4. The zero-order valence-electron chi connectivity index (χ0n) is 13.4. The molecule has 2 aromatic rings. The first-order valence-electron chi connectivity index (χ1n) is 7.40. The summed E-state index contributed by atoms with van der Waals surface area (Å²) in [5, 5.41) is 2.65. The molecule has 24 heavy (non-hydrogen) atoms. The van der Waals surface area contributed by atoms with Crippen molar-refractivity contribution in [2.45, 2.75) is 20.0 Å². The van der Waals surface area contributed by atoms with Crippen LogP contribution in [0.15, 0.2) is 48.5 Å². The number of anilines is 1. The van der Waals surface area contributed by atoms with E-state index in [1.54, 1.807) is 18.2 Å². The average Bonchev–Trinajstić information content (AvgIpc) is 2.54. The topological polar surface area (TPSA) is 64.6 Å². The van der Waals surface area contributed by atoms with E-state index in [2.05, 4.69) is 5.32 Å². The zero-order valence-corrected chi connectivity index (χ0v) is 13.4. The van der Waals surface area contributed by atoms with Crippen LogP contribution in [0.1, 0.15) is 12.5 Å². The maximum absolute atomic E-state index is 13.4. The summed E-state index contributed by atoms with van der Waals surface area (Å²) in [6.45, 7) is 2.87. The molecule has 0 aliphatic rings. The van der Waals surface area contributed by atoms with Crippen molar-refractivity contribution < 1.29 is 23.5 Å². The number of carbonyl (C=O) groups is 2. The highest BCUT2D eigenvalue weighted by molar-refractivity contribution is 5.95. The second-order valence-corrected chi connectivity index (χ2v) is 5.21. The molecule has 0 fully saturated rings. The van der Waals surface area contributed by atoms with Crippen LogP contribution >= 0.6 is 0 Å². The summed E-state index contributed by atoms with van der Waals surface area (Å²) in [7, 11) is 0. The van der Waals surface area contributed by atoms with E-state index in [-0.39, 0.29) is 5.75 Å². The van der Waals surface area contributed by atoms with Crippen molar-refractivity contribution >= 4 is 17.6 Å². The molecule has 2 aromatic carbocycles. The number of carbonyl (C=O) groups excluding carboxylic acids is 2. The van der Waals surface area contributed by atoms with Gasteiger partial charge >= 0.3 is 5.97 Å². The molecular formula is C18H18FNO4. The molecule has 0 radical (unpaired) electrons. The summed E-state index contributed by atoms with van der Waals surface area (Å²) in [6.07, 6.45) is -0.998. The molecule has 0 aromatic heterocycles. The van der Waals surface area contributed by atoms with Crippen molar-refractivity contribution in [3.05, 3.63) is 59.9 Å². The van der Waals surface area contributed by atoms with Gasteiger partial charge in [-0.1, -0.05) is 24.3 Å². The molecule has 5 nitrogen and oxygen atoms in total. The molecule has 0 spiro atoms. The molecule has 2 rings (SSSR count). The summed E-state index contributed by atoms with van der Waals surface area (Å²) in [4.78, 5) is 23.7. The number of ether oxygens (including phenoxy) is 2. The van der Waals surface area contributed by atoms with Gasteiger partial charge < -0.3 is 14.8 Å². The van der Waals surface area contributed by atoms with Crippen LogP contribution in [-0.4, -0.2) is 24.6 Å². The first-order chi connectivity index (χ1) is 11.5. The molecule has 0 heterocycles. The molecule has 0 bridgehead atoms. The van der Waals surface area contributed by atoms with Crippen LogP contribution < -0.4 is 10.1 Å². The van der Waals surface area contributed by atoms with Crippen molar-refractivity contribution in [2.24, 2.45) is 0 Å². The molecule has 1 N–H and O–H groups in total. The maximum Gasteiger partial charge on any atom is 0.344 e.